The zero-order valence-corrected chi connectivity index (χ0v) is 10.6. The minimum Gasteiger partial charge on any atom is -0.298 e. The van der Waals surface area contributed by atoms with Gasteiger partial charge in [0.2, 0.25) is 0 Å². The Labute approximate surface area is 95.4 Å². The lowest BCUT2D eigenvalue weighted by Crippen LogP contribution is -2.23. The van der Waals surface area contributed by atoms with Gasteiger partial charge in [-0.05, 0) is 27.8 Å². The number of aryl methyl sites for hydroxylation is 2. The van der Waals surface area contributed by atoms with Gasteiger partial charge in [0.05, 0.1) is 24.2 Å². The normalized spacial score (nSPS) is 12.8. The lowest BCUT2D eigenvalue weighted by atomic mass is 10.2. The summed E-state index contributed by atoms with van der Waals surface area (Å²) in [6.07, 6.45) is 0. The molecule has 0 saturated heterocycles. The van der Waals surface area contributed by atoms with Crippen molar-refractivity contribution in [3.05, 3.63) is 15.6 Å². The van der Waals surface area contributed by atoms with E-state index in [-0.39, 0.29) is 5.92 Å². The van der Waals surface area contributed by atoms with E-state index < -0.39 is 0 Å². The summed E-state index contributed by atoms with van der Waals surface area (Å²) in [6.45, 7) is 7.70. The van der Waals surface area contributed by atoms with Crippen molar-refractivity contribution in [2.45, 2.75) is 27.3 Å². The summed E-state index contributed by atoms with van der Waals surface area (Å²) in [7, 11) is 2.03. The van der Waals surface area contributed by atoms with E-state index >= 15 is 0 Å². The van der Waals surface area contributed by atoms with Crippen molar-refractivity contribution in [2.24, 2.45) is 5.92 Å². The van der Waals surface area contributed by atoms with Crippen LogP contribution >= 0.6 is 11.3 Å². The molecule has 3 nitrogen and oxygen atoms in total. The Bertz CT molecular complexity index is 345. The zero-order chi connectivity index (χ0) is 11.4. The molecule has 0 aliphatic rings. The van der Waals surface area contributed by atoms with Crippen LogP contribution in [0.5, 0.6) is 0 Å². The standard InChI is InChI=1S/C11H17N3S/c1-8(5-12)6-14(4)7-11-13-9(2)10(3)15-11/h8H,6-7H2,1-4H3. The summed E-state index contributed by atoms with van der Waals surface area (Å²) >= 11 is 1.74. The molecule has 0 amide bonds. The summed E-state index contributed by atoms with van der Waals surface area (Å²) < 4.78 is 0. The maximum absolute atomic E-state index is 8.71. The fourth-order valence-corrected chi connectivity index (χ4v) is 2.42. The van der Waals surface area contributed by atoms with Gasteiger partial charge in [0, 0.05) is 11.4 Å². The highest BCUT2D eigenvalue weighted by atomic mass is 32.1. The lowest BCUT2D eigenvalue weighted by molar-refractivity contribution is 0.302. The van der Waals surface area contributed by atoms with E-state index in [1.54, 1.807) is 11.3 Å². The van der Waals surface area contributed by atoms with Gasteiger partial charge in [-0.1, -0.05) is 0 Å². The van der Waals surface area contributed by atoms with Gasteiger partial charge in [-0.3, -0.25) is 4.90 Å². The monoisotopic (exact) mass is 223 g/mol. The number of hydrogen-bond donors (Lipinski definition) is 0. The summed E-state index contributed by atoms with van der Waals surface area (Å²) in [5, 5.41) is 9.84. The molecule has 0 aliphatic carbocycles. The molecule has 4 heteroatoms. The van der Waals surface area contributed by atoms with E-state index in [0.717, 1.165) is 23.8 Å². The van der Waals surface area contributed by atoms with E-state index in [1.165, 1.54) is 4.88 Å². The van der Waals surface area contributed by atoms with Crippen LogP contribution in [0.3, 0.4) is 0 Å². The molecule has 1 aromatic heterocycles. The molecular formula is C11H17N3S. The van der Waals surface area contributed by atoms with E-state index in [1.807, 2.05) is 20.9 Å². The molecule has 0 aromatic carbocycles. The molecule has 0 aliphatic heterocycles. The van der Waals surface area contributed by atoms with Gasteiger partial charge in [-0.15, -0.1) is 11.3 Å². The number of thiazole rings is 1. The first-order chi connectivity index (χ1) is 7.02. The fourth-order valence-electron chi connectivity index (χ4n) is 1.41. The minimum absolute atomic E-state index is 0.0807. The fraction of sp³-hybridized carbons (Fsp3) is 0.636. The van der Waals surface area contributed by atoms with E-state index in [2.05, 4.69) is 22.9 Å². The third-order valence-corrected chi connectivity index (χ3v) is 3.34. The number of aromatic nitrogens is 1. The molecule has 1 rings (SSSR count). The highest BCUT2D eigenvalue weighted by Crippen LogP contribution is 2.17. The third kappa shape index (κ3) is 3.61. The molecule has 82 valence electrons. The van der Waals surface area contributed by atoms with Crippen LogP contribution in [0.1, 0.15) is 22.5 Å². The van der Waals surface area contributed by atoms with Crippen LogP contribution in [0.2, 0.25) is 0 Å². The van der Waals surface area contributed by atoms with Crippen molar-refractivity contribution >= 4 is 11.3 Å². The number of nitrogens with zero attached hydrogens (tertiary/aromatic N) is 3. The summed E-state index contributed by atoms with van der Waals surface area (Å²) in [5.41, 5.74) is 1.12. The van der Waals surface area contributed by atoms with Gasteiger partial charge < -0.3 is 0 Å². The van der Waals surface area contributed by atoms with E-state index in [0.29, 0.717) is 0 Å². The molecule has 0 fully saturated rings. The van der Waals surface area contributed by atoms with Crippen molar-refractivity contribution in [2.75, 3.05) is 13.6 Å². The maximum atomic E-state index is 8.71. The minimum atomic E-state index is 0.0807. The molecule has 15 heavy (non-hydrogen) atoms. The van der Waals surface area contributed by atoms with Crippen LogP contribution in [-0.4, -0.2) is 23.5 Å². The molecular weight excluding hydrogens is 206 g/mol. The van der Waals surface area contributed by atoms with Crippen LogP contribution < -0.4 is 0 Å². The van der Waals surface area contributed by atoms with Gasteiger partial charge in [-0.25, -0.2) is 4.98 Å². The molecule has 0 spiro atoms. The molecule has 1 atom stereocenters. The van der Waals surface area contributed by atoms with Gasteiger partial charge in [0.1, 0.15) is 5.01 Å². The molecule has 1 aromatic rings. The molecule has 0 radical (unpaired) electrons. The second kappa shape index (κ2) is 5.24. The Kier molecular flexibility index (Phi) is 4.25. The van der Waals surface area contributed by atoms with Crippen molar-refractivity contribution < 1.29 is 0 Å². The van der Waals surface area contributed by atoms with Crippen molar-refractivity contribution in [1.82, 2.24) is 9.88 Å². The highest BCUT2D eigenvalue weighted by Gasteiger charge is 2.09. The first-order valence-corrected chi connectivity index (χ1v) is 5.85. The van der Waals surface area contributed by atoms with Crippen molar-refractivity contribution in [3.8, 4) is 6.07 Å². The summed E-state index contributed by atoms with van der Waals surface area (Å²) in [4.78, 5) is 7.91. The van der Waals surface area contributed by atoms with Gasteiger partial charge in [0.15, 0.2) is 0 Å². The zero-order valence-electron chi connectivity index (χ0n) is 9.74. The largest absolute Gasteiger partial charge is 0.298 e. The SMILES string of the molecule is Cc1nc(CN(C)CC(C)C#N)sc1C. The number of rotatable bonds is 4. The Morgan fingerprint density at radius 3 is 2.67 bits per heavy atom. The van der Waals surface area contributed by atoms with Gasteiger partial charge >= 0.3 is 0 Å². The first-order valence-electron chi connectivity index (χ1n) is 5.04. The Morgan fingerprint density at radius 2 is 2.20 bits per heavy atom. The van der Waals surface area contributed by atoms with Gasteiger partial charge in [-0.2, -0.15) is 5.26 Å². The average molecular weight is 223 g/mol. The van der Waals surface area contributed by atoms with Crippen molar-refractivity contribution in [3.63, 3.8) is 0 Å². The smallest absolute Gasteiger partial charge is 0.107 e. The van der Waals surface area contributed by atoms with E-state index in [9.17, 15) is 0 Å². The number of nitriles is 1. The van der Waals surface area contributed by atoms with Crippen LogP contribution in [0.4, 0.5) is 0 Å². The number of hydrogen-bond acceptors (Lipinski definition) is 4. The lowest BCUT2D eigenvalue weighted by Gasteiger charge is -2.15. The van der Waals surface area contributed by atoms with Crippen LogP contribution in [-0.2, 0) is 6.54 Å². The summed E-state index contributed by atoms with van der Waals surface area (Å²) in [5.74, 6) is 0.0807. The molecule has 1 unspecified atom stereocenters. The Morgan fingerprint density at radius 1 is 1.53 bits per heavy atom. The Hall–Kier alpha value is -0.920. The topological polar surface area (TPSA) is 39.9 Å². The van der Waals surface area contributed by atoms with Crippen LogP contribution in [0.15, 0.2) is 0 Å². The first kappa shape index (κ1) is 12.2. The predicted octanol–water partition coefficient (Wildman–Crippen LogP) is 2.35. The molecule has 0 N–H and O–H groups in total. The average Bonchev–Trinajstić information content (AvgIpc) is 2.45. The Balaban J connectivity index is 2.52. The summed E-state index contributed by atoms with van der Waals surface area (Å²) in [6, 6.07) is 2.24. The third-order valence-electron chi connectivity index (χ3n) is 2.28. The predicted molar refractivity (Wildman–Crippen MR) is 62.7 cm³/mol. The van der Waals surface area contributed by atoms with Crippen molar-refractivity contribution in [1.29, 1.82) is 5.26 Å². The molecule has 1 heterocycles. The highest BCUT2D eigenvalue weighted by molar-refractivity contribution is 7.11. The maximum Gasteiger partial charge on any atom is 0.107 e. The van der Waals surface area contributed by atoms with E-state index in [4.69, 9.17) is 5.26 Å². The molecule has 0 bridgehead atoms. The van der Waals surface area contributed by atoms with Crippen LogP contribution in [0.25, 0.3) is 0 Å². The van der Waals surface area contributed by atoms with Crippen LogP contribution in [0, 0.1) is 31.1 Å². The second-order valence-corrected chi connectivity index (χ2v) is 5.26. The molecule has 0 saturated carbocycles. The quantitative estimate of drug-likeness (QED) is 0.786. The second-order valence-electron chi connectivity index (χ2n) is 3.98. The van der Waals surface area contributed by atoms with Gasteiger partial charge in [0.25, 0.3) is 0 Å².